The zero-order chi connectivity index (χ0) is 21.5. The Bertz CT molecular complexity index is 1050. The summed E-state index contributed by atoms with van der Waals surface area (Å²) in [5, 5.41) is 0. The predicted molar refractivity (Wildman–Crippen MR) is 130 cm³/mol. The van der Waals surface area contributed by atoms with E-state index in [9.17, 15) is 13.2 Å². The van der Waals surface area contributed by atoms with E-state index in [1.54, 1.807) is 19.1 Å². The highest BCUT2D eigenvalue weighted by Crippen LogP contribution is 2.47. The molecule has 4 rings (SSSR count). The molecule has 2 aliphatic rings. The quantitative estimate of drug-likeness (QED) is 0.647. The molecule has 178 valence electrons. The minimum Gasteiger partial charge on any atom is -0.366 e. The van der Waals surface area contributed by atoms with Crippen LogP contribution in [0.25, 0.3) is 0 Å². The van der Waals surface area contributed by atoms with Crippen LogP contribution in [-0.2, 0) is 33.1 Å². The van der Waals surface area contributed by atoms with Gasteiger partial charge in [-0.3, -0.25) is 14.7 Å². The third-order valence-corrected chi connectivity index (χ3v) is 9.08. The standard InChI is InChI=1S/C21H27N3O4S2.2ClH/c1-3-30(26,27)17-5-4-16(23-12-17)13-24-8-6-21(7-9-24)19-15(10-14(2)28-21)11-18(29-19)20(22)25;;/h4-5,11-12,14H,3,6-10,13H2,1-2H3,(H2,22,25);2*1H. The van der Waals surface area contributed by atoms with Gasteiger partial charge in [0, 0.05) is 30.7 Å². The number of amides is 1. The summed E-state index contributed by atoms with van der Waals surface area (Å²) < 4.78 is 30.4. The van der Waals surface area contributed by atoms with Crippen molar-refractivity contribution in [1.29, 1.82) is 0 Å². The summed E-state index contributed by atoms with van der Waals surface area (Å²) >= 11 is 1.47. The van der Waals surface area contributed by atoms with Gasteiger partial charge in [0.25, 0.3) is 5.91 Å². The first kappa shape index (κ1) is 27.0. The van der Waals surface area contributed by atoms with Gasteiger partial charge >= 0.3 is 0 Å². The van der Waals surface area contributed by atoms with Crippen LogP contribution in [0.4, 0.5) is 0 Å². The van der Waals surface area contributed by atoms with E-state index in [2.05, 4.69) is 16.8 Å². The maximum Gasteiger partial charge on any atom is 0.258 e. The number of halogens is 2. The number of hydrogen-bond donors (Lipinski definition) is 1. The molecule has 0 radical (unpaired) electrons. The number of likely N-dealkylation sites (tertiary alicyclic amines) is 1. The van der Waals surface area contributed by atoms with E-state index in [0.29, 0.717) is 11.4 Å². The Morgan fingerprint density at radius 2 is 2.00 bits per heavy atom. The molecule has 0 bridgehead atoms. The number of fused-ring (bicyclic) bond motifs is 2. The van der Waals surface area contributed by atoms with Gasteiger partial charge in [0.05, 0.1) is 27.3 Å². The SMILES string of the molecule is CCS(=O)(=O)c1ccc(CN2CCC3(CC2)OC(C)Cc2cc(C(N)=O)sc23)nc1.Cl.Cl. The second kappa shape index (κ2) is 10.4. The molecular weight excluding hydrogens is 493 g/mol. The lowest BCUT2D eigenvalue weighted by molar-refractivity contribution is -0.131. The molecule has 11 heteroatoms. The number of aromatic nitrogens is 1. The van der Waals surface area contributed by atoms with Gasteiger partial charge in [-0.2, -0.15) is 0 Å². The number of piperidine rings is 1. The van der Waals surface area contributed by atoms with E-state index in [1.165, 1.54) is 23.1 Å². The number of carbonyl (C=O) groups excluding carboxylic acids is 1. The van der Waals surface area contributed by atoms with Crippen LogP contribution in [0.5, 0.6) is 0 Å². The fourth-order valence-corrected chi connectivity index (χ4v) is 6.43. The number of ether oxygens (including phenoxy) is 1. The number of carbonyl (C=O) groups is 1. The van der Waals surface area contributed by atoms with E-state index < -0.39 is 9.84 Å². The van der Waals surface area contributed by atoms with Crippen molar-refractivity contribution in [1.82, 2.24) is 9.88 Å². The summed E-state index contributed by atoms with van der Waals surface area (Å²) in [5.74, 6) is -0.308. The second-order valence-corrected chi connectivity index (χ2v) is 11.5. The Morgan fingerprint density at radius 3 is 2.56 bits per heavy atom. The number of nitrogens with two attached hydrogens (primary N) is 1. The summed E-state index contributed by atoms with van der Waals surface area (Å²) in [6.45, 7) is 6.06. The van der Waals surface area contributed by atoms with E-state index >= 15 is 0 Å². The molecule has 4 heterocycles. The van der Waals surface area contributed by atoms with Crippen LogP contribution in [0.1, 0.15) is 52.5 Å². The van der Waals surface area contributed by atoms with Crippen molar-refractivity contribution < 1.29 is 17.9 Å². The van der Waals surface area contributed by atoms with Crippen molar-refractivity contribution >= 4 is 51.9 Å². The van der Waals surface area contributed by atoms with E-state index in [4.69, 9.17) is 10.5 Å². The summed E-state index contributed by atoms with van der Waals surface area (Å²) in [4.78, 5) is 20.4. The zero-order valence-corrected chi connectivity index (χ0v) is 21.3. The molecule has 1 saturated heterocycles. The zero-order valence-electron chi connectivity index (χ0n) is 18.1. The number of rotatable bonds is 5. The van der Waals surface area contributed by atoms with Crippen LogP contribution in [0.2, 0.25) is 0 Å². The Balaban J connectivity index is 0.00000181. The molecule has 32 heavy (non-hydrogen) atoms. The van der Waals surface area contributed by atoms with Gasteiger partial charge in [0.2, 0.25) is 0 Å². The fourth-order valence-electron chi connectivity index (χ4n) is 4.38. The van der Waals surface area contributed by atoms with E-state index in [-0.39, 0.29) is 53.1 Å². The van der Waals surface area contributed by atoms with Crippen molar-refractivity contribution in [3.8, 4) is 0 Å². The normalized spacial score (nSPS) is 20.1. The average molecular weight is 523 g/mol. The first-order chi connectivity index (χ1) is 14.2. The number of sulfone groups is 1. The minimum atomic E-state index is -3.23. The Labute approximate surface area is 205 Å². The van der Waals surface area contributed by atoms with Crippen molar-refractivity contribution in [2.24, 2.45) is 5.73 Å². The van der Waals surface area contributed by atoms with Gasteiger partial charge in [-0.15, -0.1) is 36.2 Å². The van der Waals surface area contributed by atoms with Crippen LogP contribution in [-0.4, -0.2) is 49.2 Å². The number of hydrogen-bond acceptors (Lipinski definition) is 7. The largest absolute Gasteiger partial charge is 0.366 e. The molecule has 1 spiro atoms. The molecule has 2 aromatic rings. The molecule has 7 nitrogen and oxygen atoms in total. The van der Waals surface area contributed by atoms with Gasteiger partial charge in [0.15, 0.2) is 9.84 Å². The topological polar surface area (TPSA) is 103 Å². The molecular formula is C21H29Cl2N3O4S2. The molecule has 1 amide bonds. The van der Waals surface area contributed by atoms with Crippen LogP contribution >= 0.6 is 36.2 Å². The maximum absolute atomic E-state index is 12.0. The molecule has 2 aliphatic heterocycles. The lowest BCUT2D eigenvalue weighted by Crippen LogP contribution is -2.47. The summed E-state index contributed by atoms with van der Waals surface area (Å²) in [6.07, 6.45) is 4.04. The molecule has 0 saturated carbocycles. The van der Waals surface area contributed by atoms with Crippen LogP contribution in [0.15, 0.2) is 29.3 Å². The third kappa shape index (κ3) is 5.29. The van der Waals surface area contributed by atoms with Gasteiger partial charge in [-0.1, -0.05) is 6.92 Å². The smallest absolute Gasteiger partial charge is 0.258 e. The Morgan fingerprint density at radius 1 is 1.31 bits per heavy atom. The molecule has 1 fully saturated rings. The van der Waals surface area contributed by atoms with Crippen LogP contribution < -0.4 is 5.73 Å². The Hall–Kier alpha value is -1.23. The summed E-state index contributed by atoms with van der Waals surface area (Å²) in [5.41, 5.74) is 7.20. The molecule has 2 N–H and O–H groups in total. The number of thiophene rings is 1. The first-order valence-corrected chi connectivity index (χ1v) is 12.7. The molecule has 0 aromatic carbocycles. The predicted octanol–water partition coefficient (Wildman–Crippen LogP) is 3.33. The van der Waals surface area contributed by atoms with E-state index in [1.807, 2.05) is 6.07 Å². The highest BCUT2D eigenvalue weighted by molar-refractivity contribution is 7.91. The number of pyridine rings is 1. The first-order valence-electron chi connectivity index (χ1n) is 10.2. The maximum atomic E-state index is 12.0. The number of primary amides is 1. The molecule has 1 unspecified atom stereocenters. The van der Waals surface area contributed by atoms with Crippen molar-refractivity contribution in [2.45, 2.75) is 56.3 Å². The van der Waals surface area contributed by atoms with Gasteiger partial charge in [-0.05, 0) is 49.9 Å². The Kier molecular flexibility index (Phi) is 8.75. The van der Waals surface area contributed by atoms with Crippen molar-refractivity contribution in [3.63, 3.8) is 0 Å². The monoisotopic (exact) mass is 521 g/mol. The molecule has 1 atom stereocenters. The molecule has 0 aliphatic carbocycles. The summed E-state index contributed by atoms with van der Waals surface area (Å²) in [6, 6.07) is 5.37. The van der Waals surface area contributed by atoms with Crippen LogP contribution in [0, 0.1) is 0 Å². The minimum absolute atomic E-state index is 0. The number of nitrogens with zero attached hydrogens (tertiary/aromatic N) is 2. The third-order valence-electron chi connectivity index (χ3n) is 5.99. The van der Waals surface area contributed by atoms with Crippen molar-refractivity contribution in [3.05, 3.63) is 45.4 Å². The molecule has 2 aromatic heterocycles. The van der Waals surface area contributed by atoms with Crippen molar-refractivity contribution in [2.75, 3.05) is 18.8 Å². The highest BCUT2D eigenvalue weighted by Gasteiger charge is 2.44. The average Bonchev–Trinajstić information content (AvgIpc) is 3.15. The van der Waals surface area contributed by atoms with E-state index in [0.717, 1.165) is 42.9 Å². The fraction of sp³-hybridized carbons (Fsp3) is 0.524. The van der Waals surface area contributed by atoms with Crippen LogP contribution in [0.3, 0.4) is 0 Å². The summed E-state index contributed by atoms with van der Waals surface area (Å²) in [7, 11) is -3.23. The lowest BCUT2D eigenvalue weighted by atomic mass is 9.84. The lowest BCUT2D eigenvalue weighted by Gasteiger charge is -2.45. The van der Waals surface area contributed by atoms with Gasteiger partial charge < -0.3 is 10.5 Å². The van der Waals surface area contributed by atoms with Gasteiger partial charge in [-0.25, -0.2) is 8.42 Å². The van der Waals surface area contributed by atoms with Gasteiger partial charge in [0.1, 0.15) is 5.60 Å². The highest BCUT2D eigenvalue weighted by atomic mass is 35.5. The second-order valence-electron chi connectivity index (χ2n) is 8.12.